The fourth-order valence-corrected chi connectivity index (χ4v) is 2.93. The van der Waals surface area contributed by atoms with Crippen molar-refractivity contribution in [3.8, 4) is 22.6 Å². The van der Waals surface area contributed by atoms with Crippen molar-refractivity contribution in [3.05, 3.63) is 29.6 Å². The number of halogens is 3. The van der Waals surface area contributed by atoms with Crippen molar-refractivity contribution >= 4 is 0 Å². The molecule has 0 radical (unpaired) electrons. The molecule has 168 valence electrons. The third-order valence-electron chi connectivity index (χ3n) is 4.40. The lowest BCUT2D eigenvalue weighted by Gasteiger charge is -2.20. The first kappa shape index (κ1) is 24.0. The van der Waals surface area contributed by atoms with Gasteiger partial charge >= 0.3 is 6.18 Å². The van der Waals surface area contributed by atoms with Crippen LogP contribution in [0.2, 0.25) is 0 Å². The molecule has 0 unspecified atom stereocenters. The van der Waals surface area contributed by atoms with Gasteiger partial charge in [0, 0.05) is 50.1 Å². The lowest BCUT2D eigenvalue weighted by Crippen LogP contribution is -2.27. The Kier molecular flexibility index (Phi) is 8.94. The fourth-order valence-electron chi connectivity index (χ4n) is 2.93. The molecular weight excluding hydrogens is 401 g/mol. The van der Waals surface area contributed by atoms with E-state index in [-0.39, 0.29) is 19.0 Å². The van der Waals surface area contributed by atoms with Crippen LogP contribution >= 0.6 is 0 Å². The lowest BCUT2D eigenvalue weighted by atomic mass is 10.0. The van der Waals surface area contributed by atoms with Crippen LogP contribution in [-0.2, 0) is 17.5 Å². The Morgan fingerprint density at radius 1 is 1.13 bits per heavy atom. The summed E-state index contributed by atoms with van der Waals surface area (Å²) in [4.78, 5) is 2.03. The summed E-state index contributed by atoms with van der Waals surface area (Å²) in [5.41, 5.74) is 0.640. The molecule has 1 heterocycles. The van der Waals surface area contributed by atoms with Crippen LogP contribution in [0.1, 0.15) is 18.2 Å². The summed E-state index contributed by atoms with van der Waals surface area (Å²) in [6.45, 7) is 4.26. The van der Waals surface area contributed by atoms with E-state index < -0.39 is 11.7 Å². The third kappa shape index (κ3) is 6.35. The highest BCUT2D eigenvalue weighted by Gasteiger charge is 2.36. The molecule has 30 heavy (non-hydrogen) atoms. The van der Waals surface area contributed by atoms with Crippen LogP contribution in [0.5, 0.6) is 11.5 Å². The minimum absolute atomic E-state index is 0.00227. The maximum atomic E-state index is 13.8. The van der Waals surface area contributed by atoms with Crippen molar-refractivity contribution < 1.29 is 27.4 Å². The SMILES string of the molecule is CCOc1cc(OCCOC)c(C(F)(F)F)cc1-c1c[nH]nc1CN(C)CCNC. The number of H-pyrrole nitrogens is 1. The topological polar surface area (TPSA) is 71.6 Å². The van der Waals surface area contributed by atoms with Gasteiger partial charge in [0.15, 0.2) is 0 Å². The van der Waals surface area contributed by atoms with Gasteiger partial charge in [-0.2, -0.15) is 18.3 Å². The average Bonchev–Trinajstić information content (AvgIpc) is 3.13. The van der Waals surface area contributed by atoms with Crippen LogP contribution in [0.25, 0.3) is 11.1 Å². The van der Waals surface area contributed by atoms with Gasteiger partial charge in [-0.25, -0.2) is 0 Å². The Morgan fingerprint density at radius 3 is 2.53 bits per heavy atom. The number of alkyl halides is 3. The normalized spacial score (nSPS) is 11.9. The number of ether oxygens (including phenoxy) is 3. The summed E-state index contributed by atoms with van der Waals surface area (Å²) in [6, 6.07) is 2.36. The smallest absolute Gasteiger partial charge is 0.419 e. The number of methoxy groups -OCH3 is 1. The third-order valence-corrected chi connectivity index (χ3v) is 4.40. The highest BCUT2D eigenvalue weighted by molar-refractivity contribution is 5.74. The molecule has 0 atom stereocenters. The van der Waals surface area contributed by atoms with Gasteiger partial charge in [-0.1, -0.05) is 0 Å². The summed E-state index contributed by atoms with van der Waals surface area (Å²) in [5, 5.41) is 10.1. The number of benzene rings is 1. The molecule has 2 rings (SSSR count). The minimum atomic E-state index is -4.59. The molecule has 0 saturated carbocycles. The zero-order valence-corrected chi connectivity index (χ0v) is 17.7. The molecule has 0 fully saturated rings. The quantitative estimate of drug-likeness (QED) is 0.504. The highest BCUT2D eigenvalue weighted by Crippen LogP contribution is 2.44. The van der Waals surface area contributed by atoms with Crippen LogP contribution in [0.3, 0.4) is 0 Å². The van der Waals surface area contributed by atoms with Crippen LogP contribution in [-0.4, -0.2) is 69.2 Å². The molecule has 2 aromatic rings. The molecule has 10 heteroatoms. The summed E-state index contributed by atoms with van der Waals surface area (Å²) >= 11 is 0. The van der Waals surface area contributed by atoms with E-state index in [1.54, 1.807) is 13.1 Å². The van der Waals surface area contributed by atoms with Crippen molar-refractivity contribution in [1.29, 1.82) is 0 Å². The Labute approximate surface area is 174 Å². The monoisotopic (exact) mass is 430 g/mol. The van der Waals surface area contributed by atoms with E-state index in [0.29, 0.717) is 35.7 Å². The Bertz CT molecular complexity index is 796. The van der Waals surface area contributed by atoms with Crippen molar-refractivity contribution in [1.82, 2.24) is 20.4 Å². The van der Waals surface area contributed by atoms with E-state index in [0.717, 1.165) is 19.2 Å². The second-order valence-electron chi connectivity index (χ2n) is 6.70. The highest BCUT2D eigenvalue weighted by atomic mass is 19.4. The van der Waals surface area contributed by atoms with E-state index in [1.165, 1.54) is 13.2 Å². The Morgan fingerprint density at radius 2 is 1.90 bits per heavy atom. The summed E-state index contributed by atoms with van der Waals surface area (Å²) in [7, 11) is 5.24. The molecule has 1 aromatic carbocycles. The fraction of sp³-hybridized carbons (Fsp3) is 0.550. The standard InChI is InChI=1S/C20H29F3N4O3/c1-5-29-18-11-19(30-9-8-28-4)16(20(21,22)23)10-14(18)15-12-25-26-17(15)13-27(3)7-6-24-2/h10-12,24H,5-9,13H2,1-4H3,(H,25,26). The number of likely N-dealkylation sites (N-methyl/N-ethyl adjacent to an activating group) is 2. The molecule has 0 aliphatic carbocycles. The Balaban J connectivity index is 2.48. The van der Waals surface area contributed by atoms with Gasteiger partial charge in [-0.3, -0.25) is 10.00 Å². The largest absolute Gasteiger partial charge is 0.493 e. The van der Waals surface area contributed by atoms with Crippen molar-refractivity contribution in [2.45, 2.75) is 19.6 Å². The first-order chi connectivity index (χ1) is 14.3. The predicted octanol–water partition coefficient (Wildman–Crippen LogP) is 3.17. The molecule has 0 spiro atoms. The van der Waals surface area contributed by atoms with Crippen LogP contribution in [0, 0.1) is 0 Å². The van der Waals surface area contributed by atoms with Gasteiger partial charge in [-0.15, -0.1) is 0 Å². The number of aromatic amines is 1. The first-order valence-electron chi connectivity index (χ1n) is 9.67. The second kappa shape index (κ2) is 11.2. The predicted molar refractivity (Wildman–Crippen MR) is 108 cm³/mol. The minimum Gasteiger partial charge on any atom is -0.493 e. The van der Waals surface area contributed by atoms with Crippen LogP contribution in [0.4, 0.5) is 13.2 Å². The molecule has 2 N–H and O–H groups in total. The van der Waals surface area contributed by atoms with Gasteiger partial charge in [0.1, 0.15) is 18.1 Å². The van der Waals surface area contributed by atoms with Gasteiger partial charge in [-0.05, 0) is 27.1 Å². The molecule has 0 saturated heterocycles. The summed E-state index contributed by atoms with van der Waals surface area (Å²) < 4.78 is 57.1. The molecule has 1 aromatic heterocycles. The number of aromatic nitrogens is 2. The van der Waals surface area contributed by atoms with Crippen LogP contribution in [0.15, 0.2) is 18.3 Å². The van der Waals surface area contributed by atoms with E-state index in [1.807, 2.05) is 19.0 Å². The van der Waals surface area contributed by atoms with Gasteiger partial charge < -0.3 is 19.5 Å². The van der Waals surface area contributed by atoms with E-state index in [9.17, 15) is 13.2 Å². The van der Waals surface area contributed by atoms with Crippen molar-refractivity contribution in [2.24, 2.45) is 0 Å². The summed E-state index contributed by atoms with van der Waals surface area (Å²) in [5.74, 6) is 0.0152. The molecule has 0 aliphatic heterocycles. The van der Waals surface area contributed by atoms with Gasteiger partial charge in [0.2, 0.25) is 0 Å². The zero-order chi connectivity index (χ0) is 22.1. The maximum Gasteiger partial charge on any atom is 0.419 e. The second-order valence-corrected chi connectivity index (χ2v) is 6.70. The molecule has 0 amide bonds. The molecule has 7 nitrogen and oxygen atoms in total. The number of nitrogens with zero attached hydrogens (tertiary/aromatic N) is 2. The number of nitrogens with one attached hydrogen (secondary N) is 2. The lowest BCUT2D eigenvalue weighted by molar-refractivity contribution is -0.139. The number of hydrogen-bond donors (Lipinski definition) is 2. The zero-order valence-electron chi connectivity index (χ0n) is 17.7. The van der Waals surface area contributed by atoms with Crippen molar-refractivity contribution in [3.63, 3.8) is 0 Å². The van der Waals surface area contributed by atoms with E-state index in [2.05, 4.69) is 15.5 Å². The maximum absolute atomic E-state index is 13.8. The van der Waals surface area contributed by atoms with E-state index in [4.69, 9.17) is 14.2 Å². The Hall–Kier alpha value is -2.30. The molecule has 0 bridgehead atoms. The molecule has 0 aliphatic rings. The number of rotatable bonds is 12. The average molecular weight is 430 g/mol. The van der Waals surface area contributed by atoms with Gasteiger partial charge in [0.25, 0.3) is 0 Å². The summed E-state index contributed by atoms with van der Waals surface area (Å²) in [6.07, 6.45) is -3.00. The van der Waals surface area contributed by atoms with Gasteiger partial charge in [0.05, 0.1) is 24.5 Å². The van der Waals surface area contributed by atoms with Crippen molar-refractivity contribution in [2.75, 3.05) is 54.1 Å². The number of hydrogen-bond acceptors (Lipinski definition) is 6. The van der Waals surface area contributed by atoms with Crippen LogP contribution < -0.4 is 14.8 Å². The van der Waals surface area contributed by atoms with E-state index >= 15 is 0 Å². The molecular formula is C20H29F3N4O3. The first-order valence-corrected chi connectivity index (χ1v) is 9.67.